The molecule has 2 saturated heterocycles. The number of aliphatic hydroxyl groups excluding tert-OH is 1. The van der Waals surface area contributed by atoms with Crippen molar-refractivity contribution in [2.75, 3.05) is 19.8 Å². The number of hydrogen-bond acceptors (Lipinski definition) is 7. The summed E-state index contributed by atoms with van der Waals surface area (Å²) < 4.78 is 14.8. The number of carbonyl (C=O) groups excluding carboxylic acids is 3. The van der Waals surface area contributed by atoms with Crippen LogP contribution in [0.1, 0.15) is 26.7 Å². The highest BCUT2D eigenvalue weighted by Crippen LogP contribution is 2.52. The molecule has 0 radical (unpaired) electrons. The summed E-state index contributed by atoms with van der Waals surface area (Å²) in [4.78, 5) is 42.9. The molecule has 3 aliphatic heterocycles. The van der Waals surface area contributed by atoms with Gasteiger partial charge in [0.05, 0.1) is 31.7 Å². The van der Waals surface area contributed by atoms with Crippen molar-refractivity contribution in [2.45, 2.75) is 56.7 Å². The summed E-state index contributed by atoms with van der Waals surface area (Å²) in [6.45, 7) is 12.2. The molecule has 1 aromatic rings. The Kier molecular flexibility index (Phi) is 8.67. The van der Waals surface area contributed by atoms with Crippen molar-refractivity contribution in [2.24, 2.45) is 18.9 Å². The van der Waals surface area contributed by atoms with Gasteiger partial charge in [-0.1, -0.05) is 32.2 Å². The van der Waals surface area contributed by atoms with Gasteiger partial charge in [0.1, 0.15) is 31.3 Å². The summed E-state index contributed by atoms with van der Waals surface area (Å²) in [7, 11) is 1.96. The number of imidazole rings is 1. The second kappa shape index (κ2) is 11.8. The topological polar surface area (TPSA) is 105 Å². The van der Waals surface area contributed by atoms with Gasteiger partial charge in [0.25, 0.3) is 0 Å². The van der Waals surface area contributed by atoms with Crippen LogP contribution < -0.4 is 4.57 Å². The number of aromatic nitrogens is 2. The first-order valence-electron chi connectivity index (χ1n) is 12.9. The number of amides is 2. The summed E-state index contributed by atoms with van der Waals surface area (Å²) in [5, 5.41) is 10.2. The first-order valence-corrected chi connectivity index (χ1v) is 13.8. The summed E-state index contributed by atoms with van der Waals surface area (Å²) >= 11 is 1.53. The highest BCUT2D eigenvalue weighted by atomic mass is 32.2. The monoisotopic (exact) mass is 545 g/mol. The van der Waals surface area contributed by atoms with Crippen molar-refractivity contribution in [3.05, 3.63) is 54.6 Å². The molecule has 0 aliphatic carbocycles. The Morgan fingerprint density at radius 1 is 1.29 bits per heavy atom. The number of rotatable bonds is 11. The minimum atomic E-state index is -0.817. The minimum absolute atomic E-state index is 0.00416. The van der Waals surface area contributed by atoms with Crippen LogP contribution in [0.25, 0.3) is 0 Å². The van der Waals surface area contributed by atoms with Gasteiger partial charge >= 0.3 is 12.1 Å². The number of aliphatic hydroxyl groups is 1. The van der Waals surface area contributed by atoms with Crippen molar-refractivity contribution in [1.29, 1.82) is 0 Å². The molecule has 0 aromatic carbocycles. The molecule has 2 amide bonds. The second-order valence-corrected chi connectivity index (χ2v) is 11.4. The third kappa shape index (κ3) is 5.40. The second-order valence-electron chi connectivity index (χ2n) is 10.1. The van der Waals surface area contributed by atoms with Gasteiger partial charge in [-0.25, -0.2) is 18.7 Å². The van der Waals surface area contributed by atoms with Crippen molar-refractivity contribution in [3.8, 4) is 0 Å². The number of hydrogen-bond donors (Lipinski definition) is 1. The van der Waals surface area contributed by atoms with Gasteiger partial charge in [0.2, 0.25) is 12.2 Å². The van der Waals surface area contributed by atoms with Crippen LogP contribution in [0.15, 0.2) is 54.6 Å². The molecule has 1 aromatic heterocycles. The van der Waals surface area contributed by atoms with Crippen molar-refractivity contribution in [3.63, 3.8) is 0 Å². The molecule has 2 fully saturated rings. The van der Waals surface area contributed by atoms with E-state index in [9.17, 15) is 19.5 Å². The maximum atomic E-state index is 13.1. The Morgan fingerprint density at radius 3 is 2.63 bits per heavy atom. The molecule has 4 rings (SSSR count). The van der Waals surface area contributed by atoms with Crippen molar-refractivity contribution < 1.29 is 33.5 Å². The van der Waals surface area contributed by atoms with Gasteiger partial charge < -0.3 is 24.4 Å². The number of β-lactam (4-membered cyclic amide) rings is 1. The van der Waals surface area contributed by atoms with Crippen LogP contribution in [0, 0.1) is 11.8 Å². The fourth-order valence-corrected chi connectivity index (χ4v) is 7.21. The third-order valence-corrected chi connectivity index (χ3v) is 8.90. The average molecular weight is 546 g/mol. The van der Waals surface area contributed by atoms with E-state index in [0.29, 0.717) is 13.0 Å². The lowest BCUT2D eigenvalue weighted by atomic mass is 9.79. The van der Waals surface area contributed by atoms with Gasteiger partial charge in [-0.05, 0) is 13.3 Å². The maximum Gasteiger partial charge on any atom is 0.410 e. The number of ether oxygens (including phenoxy) is 2. The summed E-state index contributed by atoms with van der Waals surface area (Å²) in [5.74, 6) is -1.55. The van der Waals surface area contributed by atoms with Gasteiger partial charge in [-0.15, -0.1) is 11.8 Å². The molecule has 1 N–H and O–H groups in total. The first kappa shape index (κ1) is 28.0. The minimum Gasteiger partial charge on any atom is -0.457 e. The number of carbonyl (C=O) groups is 3. The molecule has 6 atom stereocenters. The van der Waals surface area contributed by atoms with Crippen LogP contribution >= 0.6 is 11.8 Å². The smallest absolute Gasteiger partial charge is 0.410 e. The van der Waals surface area contributed by atoms with Crippen molar-refractivity contribution in [1.82, 2.24) is 14.4 Å². The lowest BCUT2D eigenvalue weighted by molar-refractivity contribution is -0.671. The molecular weight excluding hydrogens is 508 g/mol. The Hall–Kier alpha value is -3.05. The molecule has 0 unspecified atom stereocenters. The molecule has 38 heavy (non-hydrogen) atoms. The quantitative estimate of drug-likeness (QED) is 0.196. The number of thioether (sulfide) groups is 1. The van der Waals surface area contributed by atoms with Crippen molar-refractivity contribution >= 4 is 29.7 Å². The standard InChI is InChI=1S/C27H37N4O6S/c1-6-12-36-26(34)23-24(17(3)22-21(18(4)32)25(33)31(22)23)38-20-14-19(8-9-29-11-10-28(5)16-29)30(15-20)27(35)37-13-7-2/h6-7,10-11,16-22,32H,1-2,8-9,12-15H2,3-5H3/q+1/t17-,18-,19-,20+,21-,22-/m1/s1. The lowest BCUT2D eigenvalue weighted by Crippen LogP contribution is -2.63. The van der Waals surface area contributed by atoms with Crippen LogP contribution in [-0.2, 0) is 32.7 Å². The van der Waals surface area contributed by atoms with Crippen LogP contribution in [0.5, 0.6) is 0 Å². The Bertz CT molecular complexity index is 1130. The lowest BCUT2D eigenvalue weighted by Gasteiger charge is -2.46. The number of likely N-dealkylation sites (tertiary alicyclic amines) is 1. The van der Waals surface area contributed by atoms with E-state index < -0.39 is 18.0 Å². The van der Waals surface area contributed by atoms with Gasteiger partial charge in [-0.3, -0.25) is 4.79 Å². The molecule has 0 saturated carbocycles. The molecule has 11 heteroatoms. The van der Waals surface area contributed by atoms with E-state index in [-0.39, 0.29) is 54.2 Å². The number of fused-ring (bicyclic) bond motifs is 1. The van der Waals surface area contributed by atoms with Crippen LogP contribution in [0.4, 0.5) is 4.79 Å². The fraction of sp³-hybridized carbons (Fsp3) is 0.556. The Morgan fingerprint density at radius 2 is 2.00 bits per heavy atom. The van der Waals surface area contributed by atoms with E-state index in [0.717, 1.165) is 17.9 Å². The molecule has 4 heterocycles. The number of aryl methyl sites for hydroxylation is 2. The van der Waals surface area contributed by atoms with E-state index >= 15 is 0 Å². The largest absolute Gasteiger partial charge is 0.457 e. The molecule has 206 valence electrons. The van der Waals surface area contributed by atoms with Gasteiger partial charge in [0.15, 0.2) is 0 Å². The number of nitrogens with zero attached hydrogens (tertiary/aromatic N) is 4. The van der Waals surface area contributed by atoms with Crippen LogP contribution in [0.3, 0.4) is 0 Å². The predicted octanol–water partition coefficient (Wildman–Crippen LogP) is 2.00. The highest BCUT2D eigenvalue weighted by molar-refractivity contribution is 8.03. The van der Waals surface area contributed by atoms with E-state index in [1.807, 2.05) is 37.3 Å². The van der Waals surface area contributed by atoms with Gasteiger partial charge in [0, 0.05) is 35.1 Å². The zero-order valence-corrected chi connectivity index (χ0v) is 23.0. The zero-order chi connectivity index (χ0) is 27.6. The van der Waals surface area contributed by atoms with E-state index in [1.54, 1.807) is 17.9 Å². The summed E-state index contributed by atoms with van der Waals surface area (Å²) in [5.41, 5.74) is 0.250. The predicted molar refractivity (Wildman–Crippen MR) is 141 cm³/mol. The van der Waals surface area contributed by atoms with E-state index in [1.165, 1.54) is 22.7 Å². The molecule has 0 bridgehead atoms. The normalized spacial score (nSPS) is 27.2. The van der Waals surface area contributed by atoms with E-state index in [4.69, 9.17) is 9.47 Å². The average Bonchev–Trinajstić information content (AvgIpc) is 3.55. The molecule has 0 spiro atoms. The van der Waals surface area contributed by atoms with Crippen LogP contribution in [0.2, 0.25) is 0 Å². The van der Waals surface area contributed by atoms with Gasteiger partial charge in [-0.2, -0.15) is 0 Å². The zero-order valence-electron chi connectivity index (χ0n) is 22.2. The molecular formula is C27H37N4O6S+. The Labute approximate surface area is 227 Å². The summed E-state index contributed by atoms with van der Waals surface area (Å²) in [6.07, 6.45) is 9.24. The SMILES string of the molecule is C=CCOC(=O)C1=C(S[C@H]2C[C@@H](CCn3cc[n+](C)c3)N(C(=O)OCC=C)C2)[C@H](C)[C@@H]2[C@@H]([C@@H](C)O)C(=O)N12. The molecule has 3 aliphatic rings. The highest BCUT2D eigenvalue weighted by Gasteiger charge is 2.60. The molecule has 10 nitrogen and oxygen atoms in total. The first-order chi connectivity index (χ1) is 18.2. The Balaban J connectivity index is 1.55. The third-order valence-electron chi connectivity index (χ3n) is 7.41. The van der Waals surface area contributed by atoms with E-state index in [2.05, 4.69) is 17.7 Å². The maximum absolute atomic E-state index is 13.1. The number of esters is 1. The summed E-state index contributed by atoms with van der Waals surface area (Å²) in [6, 6.07) is -0.341. The fourth-order valence-electron chi connectivity index (χ4n) is 5.65. The van der Waals surface area contributed by atoms with Crippen LogP contribution in [-0.4, -0.2) is 80.6 Å².